The lowest BCUT2D eigenvalue weighted by molar-refractivity contribution is 0.587. The van der Waals surface area contributed by atoms with E-state index in [1.165, 1.54) is 38.5 Å². The van der Waals surface area contributed by atoms with E-state index in [0.29, 0.717) is 0 Å². The van der Waals surface area contributed by atoms with Crippen LogP contribution in [-0.4, -0.2) is 16.0 Å². The summed E-state index contributed by atoms with van der Waals surface area (Å²) in [5, 5.41) is 9.21. The highest BCUT2D eigenvalue weighted by molar-refractivity contribution is 7.80. The minimum absolute atomic E-state index is 0.282. The number of unbranched alkanes of at least 4 members (excludes halogenated alkanes) is 5. The summed E-state index contributed by atoms with van der Waals surface area (Å²) in [5.41, 5.74) is 1.77. The highest BCUT2D eigenvalue weighted by Gasteiger charge is 2.08. The molecule has 0 aromatic carbocycles. The van der Waals surface area contributed by atoms with E-state index in [1.807, 2.05) is 0 Å². The van der Waals surface area contributed by atoms with Crippen molar-refractivity contribution in [3.8, 4) is 0 Å². The van der Waals surface area contributed by atoms with E-state index in [0.717, 1.165) is 17.2 Å². The van der Waals surface area contributed by atoms with Crippen LogP contribution in [-0.2, 0) is 0 Å². The van der Waals surface area contributed by atoms with Crippen molar-refractivity contribution in [2.75, 3.05) is 5.75 Å². The molecule has 92 valence electrons. The molecule has 0 bridgehead atoms. The first-order chi connectivity index (χ1) is 7.84. The van der Waals surface area contributed by atoms with Gasteiger partial charge in [-0.3, -0.25) is 0 Å². The van der Waals surface area contributed by atoms with E-state index in [-0.39, 0.29) is 5.25 Å². The van der Waals surface area contributed by atoms with Crippen LogP contribution in [0.2, 0.25) is 0 Å². The van der Waals surface area contributed by atoms with Crippen LogP contribution in [0, 0.1) is 0 Å². The van der Waals surface area contributed by atoms with Crippen molar-refractivity contribution in [2.24, 2.45) is 0 Å². The lowest BCUT2D eigenvalue weighted by atomic mass is 10.1. The Morgan fingerprint density at radius 1 is 1.12 bits per heavy atom. The van der Waals surface area contributed by atoms with Crippen molar-refractivity contribution in [2.45, 2.75) is 50.2 Å². The van der Waals surface area contributed by atoms with Gasteiger partial charge in [-0.15, -0.1) is 21.5 Å². The molecule has 0 aliphatic heterocycles. The summed E-state index contributed by atoms with van der Waals surface area (Å²) >= 11 is 10.3. The molecule has 0 N–H and O–H groups in total. The van der Waals surface area contributed by atoms with Gasteiger partial charge in [0.15, 0.2) is 0 Å². The van der Waals surface area contributed by atoms with Crippen molar-refractivity contribution in [3.63, 3.8) is 0 Å². The maximum absolute atomic E-state index is 4.54. The van der Waals surface area contributed by atoms with Crippen LogP contribution < -0.4 is 0 Å². The lowest BCUT2D eigenvalue weighted by Gasteiger charge is -2.06. The number of rotatable bonds is 9. The van der Waals surface area contributed by atoms with Crippen LogP contribution in [0.25, 0.3) is 0 Å². The largest absolute Gasteiger partial charge is 0.179 e. The molecule has 2 nitrogen and oxygen atoms in total. The summed E-state index contributed by atoms with van der Waals surface area (Å²) in [5.74, 6) is 1.02. The van der Waals surface area contributed by atoms with Crippen molar-refractivity contribution < 1.29 is 0 Å². The first kappa shape index (κ1) is 14.3. The van der Waals surface area contributed by atoms with Gasteiger partial charge in [0.1, 0.15) is 10.5 Å². The zero-order valence-electron chi connectivity index (χ0n) is 9.51. The molecule has 5 heteroatoms. The fourth-order valence-corrected chi connectivity index (χ4v) is 2.82. The first-order valence-electron chi connectivity index (χ1n) is 5.89. The van der Waals surface area contributed by atoms with E-state index >= 15 is 0 Å². The predicted octanol–water partition coefficient (Wildman–Crippen LogP) is 4.17. The number of aromatic nitrogens is 2. The average Bonchev–Trinajstić information content (AvgIpc) is 2.81. The second-order valence-electron chi connectivity index (χ2n) is 3.93. The Morgan fingerprint density at radius 2 is 1.81 bits per heavy atom. The quantitative estimate of drug-likeness (QED) is 0.523. The van der Waals surface area contributed by atoms with Crippen LogP contribution in [0.1, 0.15) is 55.2 Å². The Morgan fingerprint density at radius 3 is 2.44 bits per heavy atom. The third-order valence-corrected chi connectivity index (χ3v) is 4.35. The van der Waals surface area contributed by atoms with E-state index < -0.39 is 0 Å². The van der Waals surface area contributed by atoms with Crippen molar-refractivity contribution in [3.05, 3.63) is 10.5 Å². The molecule has 0 amide bonds. The fourth-order valence-electron chi connectivity index (χ4n) is 1.61. The van der Waals surface area contributed by atoms with Crippen molar-refractivity contribution >= 4 is 36.6 Å². The molecular weight excluding hydrogens is 256 g/mol. The van der Waals surface area contributed by atoms with Gasteiger partial charge in [0, 0.05) is 0 Å². The van der Waals surface area contributed by atoms with Crippen LogP contribution in [0.4, 0.5) is 0 Å². The number of nitrogens with zero attached hydrogens (tertiary/aromatic N) is 2. The van der Waals surface area contributed by atoms with Gasteiger partial charge in [0.05, 0.1) is 5.25 Å². The van der Waals surface area contributed by atoms with E-state index in [4.69, 9.17) is 0 Å². The number of thiol groups is 2. The minimum Gasteiger partial charge on any atom is -0.179 e. The molecule has 1 aromatic heterocycles. The SMILES string of the molecule is SCCCCCCCCC(S)c1nncs1. The van der Waals surface area contributed by atoms with Gasteiger partial charge < -0.3 is 0 Å². The Labute approximate surface area is 113 Å². The van der Waals surface area contributed by atoms with E-state index in [9.17, 15) is 0 Å². The molecular formula is C11H20N2S3. The van der Waals surface area contributed by atoms with Gasteiger partial charge in [-0.25, -0.2) is 0 Å². The lowest BCUT2D eigenvalue weighted by Crippen LogP contribution is -1.90. The molecule has 1 heterocycles. The Kier molecular flexibility index (Phi) is 8.33. The molecule has 0 spiro atoms. The van der Waals surface area contributed by atoms with E-state index in [1.54, 1.807) is 16.8 Å². The van der Waals surface area contributed by atoms with Crippen molar-refractivity contribution in [1.82, 2.24) is 10.2 Å². The molecule has 1 rings (SSSR count). The smallest absolute Gasteiger partial charge is 0.129 e. The normalized spacial score (nSPS) is 12.9. The van der Waals surface area contributed by atoms with Crippen LogP contribution in [0.5, 0.6) is 0 Å². The predicted molar refractivity (Wildman–Crippen MR) is 77.8 cm³/mol. The summed E-state index contributed by atoms with van der Waals surface area (Å²) in [6.07, 6.45) is 8.93. The van der Waals surface area contributed by atoms with Crippen molar-refractivity contribution in [1.29, 1.82) is 0 Å². The number of hydrogen-bond donors (Lipinski definition) is 2. The molecule has 0 aliphatic carbocycles. The molecule has 16 heavy (non-hydrogen) atoms. The minimum atomic E-state index is 0.282. The molecule has 0 saturated carbocycles. The second-order valence-corrected chi connectivity index (χ2v) is 5.86. The number of hydrogen-bond acceptors (Lipinski definition) is 5. The molecule has 0 radical (unpaired) electrons. The molecule has 1 unspecified atom stereocenters. The van der Waals surface area contributed by atoms with Crippen LogP contribution >= 0.6 is 36.6 Å². The average molecular weight is 276 g/mol. The van der Waals surface area contributed by atoms with Gasteiger partial charge in [0.2, 0.25) is 0 Å². The molecule has 1 atom stereocenters. The summed E-state index contributed by atoms with van der Waals surface area (Å²) in [6.45, 7) is 0. The highest BCUT2D eigenvalue weighted by atomic mass is 32.1. The molecule has 1 aromatic rings. The third-order valence-electron chi connectivity index (χ3n) is 2.55. The van der Waals surface area contributed by atoms with Gasteiger partial charge in [-0.1, -0.05) is 32.1 Å². The van der Waals surface area contributed by atoms with Gasteiger partial charge in [-0.05, 0) is 18.6 Å². The monoisotopic (exact) mass is 276 g/mol. The maximum atomic E-state index is 4.54. The highest BCUT2D eigenvalue weighted by Crippen LogP contribution is 2.26. The first-order valence-corrected chi connectivity index (χ1v) is 7.92. The topological polar surface area (TPSA) is 25.8 Å². The summed E-state index contributed by atoms with van der Waals surface area (Å²) in [4.78, 5) is 0. The fraction of sp³-hybridized carbons (Fsp3) is 0.818. The van der Waals surface area contributed by atoms with Gasteiger partial charge in [-0.2, -0.15) is 25.3 Å². The maximum Gasteiger partial charge on any atom is 0.129 e. The summed E-state index contributed by atoms with van der Waals surface area (Å²) in [7, 11) is 0. The van der Waals surface area contributed by atoms with Crippen LogP contribution in [0.15, 0.2) is 5.51 Å². The zero-order chi connectivity index (χ0) is 11.6. The summed E-state index contributed by atoms with van der Waals surface area (Å²) in [6, 6.07) is 0. The Bertz CT molecular complexity index is 252. The standard InChI is InChI=1S/C11H20N2S3/c14-8-6-4-2-1-3-5-7-10(15)11-13-12-9-16-11/h9-10,14-15H,1-8H2. The Balaban J connectivity index is 1.95. The Hall–Kier alpha value is 0.260. The van der Waals surface area contributed by atoms with E-state index in [2.05, 4.69) is 35.5 Å². The van der Waals surface area contributed by atoms with Crippen LogP contribution in [0.3, 0.4) is 0 Å². The zero-order valence-corrected chi connectivity index (χ0v) is 12.1. The second kappa shape index (κ2) is 9.31. The molecule has 0 fully saturated rings. The molecule has 0 saturated heterocycles. The van der Waals surface area contributed by atoms with Gasteiger partial charge >= 0.3 is 0 Å². The summed E-state index contributed by atoms with van der Waals surface area (Å²) < 4.78 is 0. The third kappa shape index (κ3) is 6.11. The van der Waals surface area contributed by atoms with Gasteiger partial charge in [0.25, 0.3) is 0 Å². The molecule has 0 aliphatic rings.